The topological polar surface area (TPSA) is 8.17 Å². The maximum absolute atomic E-state index is 2.54. The van der Waals surface area contributed by atoms with Gasteiger partial charge in [-0.15, -0.1) is 11.3 Å². The molecule has 2 aliphatic rings. The van der Waals surface area contributed by atoms with Gasteiger partial charge in [-0.2, -0.15) is 0 Å². The molecular formula is C61H38N2S. The molecule has 0 N–H and O–H groups in total. The number of para-hydroxylation sites is 2. The molecule has 2 aromatic heterocycles. The first kappa shape index (κ1) is 35.6. The van der Waals surface area contributed by atoms with E-state index >= 15 is 0 Å². The van der Waals surface area contributed by atoms with Gasteiger partial charge < -0.3 is 9.47 Å². The molecule has 0 atom stereocenters. The predicted molar refractivity (Wildman–Crippen MR) is 270 cm³/mol. The summed E-state index contributed by atoms with van der Waals surface area (Å²) in [6.07, 6.45) is 0. The smallest absolute Gasteiger partial charge is 0.0726 e. The summed E-state index contributed by atoms with van der Waals surface area (Å²) in [5, 5.41) is 5.03. The Kier molecular flexibility index (Phi) is 7.51. The molecular weight excluding hydrogens is 793 g/mol. The van der Waals surface area contributed by atoms with Gasteiger partial charge in [0.15, 0.2) is 0 Å². The molecule has 2 aliphatic carbocycles. The zero-order chi connectivity index (χ0) is 41.9. The van der Waals surface area contributed by atoms with E-state index in [9.17, 15) is 0 Å². The summed E-state index contributed by atoms with van der Waals surface area (Å²) in [5.41, 5.74) is 19.3. The fourth-order valence-corrected chi connectivity index (χ4v) is 12.6. The van der Waals surface area contributed by atoms with E-state index in [1.54, 1.807) is 0 Å². The van der Waals surface area contributed by atoms with Gasteiger partial charge in [-0.1, -0.05) is 170 Å². The molecule has 0 bridgehead atoms. The van der Waals surface area contributed by atoms with Crippen molar-refractivity contribution in [3.63, 3.8) is 0 Å². The van der Waals surface area contributed by atoms with E-state index in [1.807, 2.05) is 11.3 Å². The molecule has 0 fully saturated rings. The van der Waals surface area contributed by atoms with Crippen LogP contribution in [0, 0.1) is 0 Å². The van der Waals surface area contributed by atoms with Crippen LogP contribution in [0.5, 0.6) is 0 Å². The number of benzene rings is 10. The summed E-state index contributed by atoms with van der Waals surface area (Å²) in [7, 11) is 0. The predicted octanol–water partition coefficient (Wildman–Crippen LogP) is 16.6. The highest BCUT2D eigenvalue weighted by Crippen LogP contribution is 2.63. The zero-order valence-corrected chi connectivity index (χ0v) is 35.6. The van der Waals surface area contributed by atoms with Crippen LogP contribution in [-0.2, 0) is 5.41 Å². The fraction of sp³-hybridized carbons (Fsp3) is 0.0164. The molecule has 0 radical (unpaired) electrons. The van der Waals surface area contributed by atoms with Crippen molar-refractivity contribution in [3.8, 4) is 39.1 Å². The van der Waals surface area contributed by atoms with E-state index in [4.69, 9.17) is 0 Å². The number of hydrogen-bond donors (Lipinski definition) is 0. The summed E-state index contributed by atoms with van der Waals surface area (Å²) in [6, 6.07) is 85.9. The highest BCUT2D eigenvalue weighted by Gasteiger charge is 2.51. The highest BCUT2D eigenvalue weighted by molar-refractivity contribution is 7.25. The van der Waals surface area contributed by atoms with Crippen LogP contribution in [0.2, 0.25) is 0 Å². The first-order valence-corrected chi connectivity index (χ1v) is 22.9. The molecule has 1 spiro atoms. The quantitative estimate of drug-likeness (QED) is 0.168. The number of rotatable bonds is 5. The van der Waals surface area contributed by atoms with E-state index in [0.717, 1.165) is 22.7 Å². The second-order valence-corrected chi connectivity index (χ2v) is 18.2. The highest BCUT2D eigenvalue weighted by atomic mass is 32.1. The first-order chi connectivity index (χ1) is 31.8. The van der Waals surface area contributed by atoms with E-state index in [0.29, 0.717) is 0 Å². The number of hydrogen-bond acceptors (Lipinski definition) is 2. The SMILES string of the molecule is c1ccc(-c2ccccc2N(c2ccc3c(c2)C2(c4ccccc4-c4ccccc42)c2ccccc2-3)c2cccc3c2c2ccccc2n3-c2ccc3sc4ccccc4c3c2)cc1. The van der Waals surface area contributed by atoms with Gasteiger partial charge in [-0.3, -0.25) is 0 Å². The van der Waals surface area contributed by atoms with Gasteiger partial charge in [0.25, 0.3) is 0 Å². The van der Waals surface area contributed by atoms with Crippen molar-refractivity contribution in [3.05, 3.63) is 253 Å². The van der Waals surface area contributed by atoms with Crippen LogP contribution >= 0.6 is 11.3 Å². The Balaban J connectivity index is 1.07. The van der Waals surface area contributed by atoms with Gasteiger partial charge in [0.05, 0.1) is 27.8 Å². The largest absolute Gasteiger partial charge is 0.309 e. The van der Waals surface area contributed by atoms with Crippen molar-refractivity contribution in [2.45, 2.75) is 5.41 Å². The summed E-state index contributed by atoms with van der Waals surface area (Å²) in [4.78, 5) is 2.54. The number of anilines is 3. The molecule has 14 rings (SSSR count). The molecule has 2 heterocycles. The normalized spacial score (nSPS) is 13.1. The Morgan fingerprint density at radius 1 is 0.359 bits per heavy atom. The molecule has 10 aromatic carbocycles. The Morgan fingerprint density at radius 3 is 1.67 bits per heavy atom. The molecule has 12 aromatic rings. The van der Waals surface area contributed by atoms with Crippen molar-refractivity contribution in [1.29, 1.82) is 0 Å². The van der Waals surface area contributed by atoms with Gasteiger partial charge in [0.1, 0.15) is 0 Å². The zero-order valence-electron chi connectivity index (χ0n) is 34.7. The van der Waals surface area contributed by atoms with Crippen LogP contribution in [0.1, 0.15) is 22.3 Å². The molecule has 0 saturated carbocycles. The standard InChI is InChI=1S/C61H38N2S/c1-2-17-39(18-3-1)42-19-7-13-28-54(42)63(41-33-35-46-45-22-6-12-27-52(45)61(53(46)38-41)50-25-10-4-20-43(50)44-21-5-11-26-51(44)61)57-31-16-30-56-60(57)48-24-8-14-29-55(48)62(56)40-34-36-59-49(37-40)47-23-9-15-32-58(47)64-59/h1-38H. The Hall–Kier alpha value is -7.98. The Bertz CT molecular complexity index is 3810. The Morgan fingerprint density at radius 2 is 0.922 bits per heavy atom. The van der Waals surface area contributed by atoms with Crippen LogP contribution in [0.3, 0.4) is 0 Å². The van der Waals surface area contributed by atoms with Gasteiger partial charge in [0.2, 0.25) is 0 Å². The monoisotopic (exact) mass is 830 g/mol. The number of nitrogens with zero attached hydrogens (tertiary/aromatic N) is 2. The summed E-state index contributed by atoms with van der Waals surface area (Å²) < 4.78 is 5.09. The molecule has 0 aliphatic heterocycles. The lowest BCUT2D eigenvalue weighted by Crippen LogP contribution is -2.26. The first-order valence-electron chi connectivity index (χ1n) is 22.1. The molecule has 64 heavy (non-hydrogen) atoms. The molecule has 2 nitrogen and oxygen atoms in total. The lowest BCUT2D eigenvalue weighted by atomic mass is 9.70. The van der Waals surface area contributed by atoms with E-state index in [-0.39, 0.29) is 0 Å². The number of aromatic nitrogens is 1. The molecule has 0 saturated heterocycles. The molecule has 0 amide bonds. The van der Waals surface area contributed by atoms with Crippen molar-refractivity contribution >= 4 is 70.4 Å². The molecule has 3 heteroatoms. The lowest BCUT2D eigenvalue weighted by Gasteiger charge is -2.33. The minimum atomic E-state index is -0.466. The second kappa shape index (κ2) is 13.5. The number of fused-ring (bicyclic) bond motifs is 16. The van der Waals surface area contributed by atoms with Gasteiger partial charge >= 0.3 is 0 Å². The van der Waals surface area contributed by atoms with E-state index < -0.39 is 5.41 Å². The van der Waals surface area contributed by atoms with E-state index in [1.165, 1.54) is 97.6 Å². The van der Waals surface area contributed by atoms with Crippen molar-refractivity contribution in [2.75, 3.05) is 4.90 Å². The number of thiophene rings is 1. The van der Waals surface area contributed by atoms with Gasteiger partial charge in [-0.05, 0) is 111 Å². The van der Waals surface area contributed by atoms with E-state index in [2.05, 4.69) is 240 Å². The third-order valence-corrected chi connectivity index (χ3v) is 15.2. The average molecular weight is 831 g/mol. The summed E-state index contributed by atoms with van der Waals surface area (Å²) in [5.74, 6) is 0. The Labute approximate surface area is 375 Å². The van der Waals surface area contributed by atoms with Crippen molar-refractivity contribution in [1.82, 2.24) is 4.57 Å². The minimum absolute atomic E-state index is 0.466. The second-order valence-electron chi connectivity index (χ2n) is 17.1. The minimum Gasteiger partial charge on any atom is -0.309 e. The third kappa shape index (κ3) is 4.79. The molecule has 298 valence electrons. The van der Waals surface area contributed by atoms with Crippen LogP contribution in [0.4, 0.5) is 17.1 Å². The van der Waals surface area contributed by atoms with Crippen LogP contribution in [0.15, 0.2) is 231 Å². The summed E-state index contributed by atoms with van der Waals surface area (Å²) >= 11 is 1.86. The van der Waals surface area contributed by atoms with Crippen LogP contribution < -0.4 is 4.90 Å². The third-order valence-electron chi connectivity index (χ3n) is 14.0. The van der Waals surface area contributed by atoms with Crippen LogP contribution in [-0.4, -0.2) is 4.57 Å². The average Bonchev–Trinajstić information content (AvgIpc) is 4.08. The maximum atomic E-state index is 2.54. The maximum Gasteiger partial charge on any atom is 0.0726 e. The molecule has 0 unspecified atom stereocenters. The lowest BCUT2D eigenvalue weighted by molar-refractivity contribution is 0.793. The van der Waals surface area contributed by atoms with Gasteiger partial charge in [0, 0.05) is 47.9 Å². The van der Waals surface area contributed by atoms with Crippen molar-refractivity contribution < 1.29 is 0 Å². The van der Waals surface area contributed by atoms with Gasteiger partial charge in [-0.25, -0.2) is 0 Å². The summed E-state index contributed by atoms with van der Waals surface area (Å²) in [6.45, 7) is 0. The van der Waals surface area contributed by atoms with Crippen molar-refractivity contribution in [2.24, 2.45) is 0 Å². The van der Waals surface area contributed by atoms with Crippen LogP contribution in [0.25, 0.3) is 81.0 Å². The fourth-order valence-electron chi connectivity index (χ4n) is 11.5.